The molecule has 5 aromatic rings. The number of halogens is 1. The molecule has 1 aliphatic carbocycles. The lowest BCUT2D eigenvalue weighted by molar-refractivity contribution is -0.148. The van der Waals surface area contributed by atoms with Gasteiger partial charge in [-0.2, -0.15) is 10.2 Å². The highest BCUT2D eigenvalue weighted by Crippen LogP contribution is 2.40. The third-order valence-corrected chi connectivity index (χ3v) is 7.62. The van der Waals surface area contributed by atoms with Gasteiger partial charge in [-0.05, 0) is 51.2 Å². The zero-order valence-corrected chi connectivity index (χ0v) is 22.8. The number of hydrogen-bond donors (Lipinski definition) is 4. The van der Waals surface area contributed by atoms with Crippen LogP contribution in [-0.2, 0) is 9.53 Å². The van der Waals surface area contributed by atoms with Crippen LogP contribution in [0.2, 0.25) is 0 Å². The molecule has 0 unspecified atom stereocenters. The van der Waals surface area contributed by atoms with Gasteiger partial charge < -0.3 is 20.4 Å². The van der Waals surface area contributed by atoms with E-state index in [9.17, 15) is 9.18 Å². The highest BCUT2D eigenvalue weighted by Gasteiger charge is 2.43. The molecule has 5 heterocycles. The van der Waals surface area contributed by atoms with Crippen molar-refractivity contribution in [3.05, 3.63) is 66.0 Å². The van der Waals surface area contributed by atoms with Gasteiger partial charge in [-0.1, -0.05) is 6.07 Å². The summed E-state index contributed by atoms with van der Waals surface area (Å²) in [7, 11) is 1.57. The van der Waals surface area contributed by atoms with Crippen LogP contribution in [-0.4, -0.2) is 63.5 Å². The normalized spacial score (nSPS) is 19.8. The third kappa shape index (κ3) is 5.25. The number of fused-ring (bicyclic) bond motifs is 1. The van der Waals surface area contributed by atoms with Crippen LogP contribution in [0.3, 0.4) is 0 Å². The van der Waals surface area contributed by atoms with Crippen molar-refractivity contribution in [1.82, 2.24) is 50.2 Å². The average Bonchev–Trinajstić information content (AvgIpc) is 3.74. The van der Waals surface area contributed by atoms with Gasteiger partial charge in [0.05, 0.1) is 24.8 Å². The lowest BCUT2D eigenvalue weighted by atomic mass is 9.77. The highest BCUT2D eigenvalue weighted by atomic mass is 19.1. The number of amides is 1. The van der Waals surface area contributed by atoms with Crippen LogP contribution in [0.5, 0.6) is 0 Å². The molecule has 14 heteroatoms. The molecule has 5 aromatic heterocycles. The number of carbonyl (C=O) groups excluding carboxylic acids is 1. The number of nitrogens with zero attached hydrogens (tertiary/aromatic N) is 7. The highest BCUT2D eigenvalue weighted by molar-refractivity contribution is 5.86. The Kier molecular flexibility index (Phi) is 6.91. The van der Waals surface area contributed by atoms with Crippen molar-refractivity contribution in [2.45, 2.75) is 57.1 Å². The zero-order valence-electron chi connectivity index (χ0n) is 22.8. The van der Waals surface area contributed by atoms with Crippen LogP contribution in [0.25, 0.3) is 17.0 Å². The van der Waals surface area contributed by atoms with Gasteiger partial charge in [0, 0.05) is 31.0 Å². The number of H-pyrrole nitrogens is 2. The van der Waals surface area contributed by atoms with Crippen molar-refractivity contribution in [1.29, 1.82) is 0 Å². The summed E-state index contributed by atoms with van der Waals surface area (Å²) in [4.78, 5) is 34.8. The van der Waals surface area contributed by atoms with E-state index in [1.807, 2.05) is 26.0 Å². The first-order chi connectivity index (χ1) is 19.8. The number of carbonyl (C=O) groups is 1. The Morgan fingerprint density at radius 3 is 2.71 bits per heavy atom. The number of ether oxygens (including phenoxy) is 1. The molecule has 1 aliphatic rings. The summed E-state index contributed by atoms with van der Waals surface area (Å²) in [6.07, 6.45) is 7.97. The fourth-order valence-corrected chi connectivity index (χ4v) is 5.22. The third-order valence-electron chi connectivity index (χ3n) is 7.62. The number of aromatic nitrogens is 9. The van der Waals surface area contributed by atoms with E-state index in [0.29, 0.717) is 60.1 Å². The Labute approximate surface area is 234 Å². The van der Waals surface area contributed by atoms with E-state index in [1.54, 1.807) is 25.7 Å². The van der Waals surface area contributed by atoms with E-state index in [0.717, 1.165) is 17.5 Å². The second kappa shape index (κ2) is 10.7. The molecule has 1 amide bonds. The molecule has 0 aliphatic heterocycles. The van der Waals surface area contributed by atoms with Gasteiger partial charge in [-0.15, -0.1) is 0 Å². The second-order valence-electron chi connectivity index (χ2n) is 10.3. The topological polar surface area (TPSA) is 164 Å². The predicted molar refractivity (Wildman–Crippen MR) is 147 cm³/mol. The molecule has 4 N–H and O–H groups in total. The Hall–Kier alpha value is -4.72. The second-order valence-corrected chi connectivity index (χ2v) is 10.3. The maximum Gasteiger partial charge on any atom is 0.252 e. The summed E-state index contributed by atoms with van der Waals surface area (Å²) in [6.45, 7) is 3.81. The monoisotopic (exact) mass is 559 g/mol. The van der Waals surface area contributed by atoms with Gasteiger partial charge in [0.1, 0.15) is 16.9 Å². The SMILES string of the molecule is COC1(C(=O)N[C@@H](C)c2ccc(-n3cc(F)cn3)nc2)CCC(c2nc(Nc3cc(C)[nH]n3)c3[nH]cnc3n2)CC1. The van der Waals surface area contributed by atoms with Gasteiger partial charge in [0.25, 0.3) is 5.91 Å². The lowest BCUT2D eigenvalue weighted by Crippen LogP contribution is -2.50. The number of hydrogen-bond acceptors (Lipinski definition) is 9. The molecule has 13 nitrogen and oxygen atoms in total. The van der Waals surface area contributed by atoms with Gasteiger partial charge in [0.15, 0.2) is 28.9 Å². The molecule has 41 heavy (non-hydrogen) atoms. The van der Waals surface area contributed by atoms with Gasteiger partial charge in [-0.3, -0.25) is 9.89 Å². The largest absolute Gasteiger partial charge is 0.368 e. The molecule has 1 atom stereocenters. The summed E-state index contributed by atoms with van der Waals surface area (Å²) < 4.78 is 20.5. The summed E-state index contributed by atoms with van der Waals surface area (Å²) in [5.41, 5.74) is 2.04. The number of rotatable bonds is 8. The number of anilines is 2. The summed E-state index contributed by atoms with van der Waals surface area (Å²) in [6, 6.07) is 5.14. The number of imidazole rings is 1. The summed E-state index contributed by atoms with van der Waals surface area (Å²) in [5.74, 6) is 1.82. The Bertz CT molecular complexity index is 1670. The summed E-state index contributed by atoms with van der Waals surface area (Å²) in [5, 5.41) is 17.4. The molecular formula is C27H30FN11O2. The Morgan fingerprint density at radius 2 is 2.05 bits per heavy atom. The number of methoxy groups -OCH3 is 1. The summed E-state index contributed by atoms with van der Waals surface area (Å²) >= 11 is 0. The van der Waals surface area contributed by atoms with Gasteiger partial charge in [-0.25, -0.2) is 29.0 Å². The van der Waals surface area contributed by atoms with Crippen LogP contribution >= 0.6 is 0 Å². The number of aryl methyl sites for hydroxylation is 1. The maximum atomic E-state index is 13.5. The van der Waals surface area contributed by atoms with E-state index in [1.165, 1.54) is 10.9 Å². The van der Waals surface area contributed by atoms with E-state index < -0.39 is 11.4 Å². The minimum atomic E-state index is -0.963. The standard InChI is InChI=1S/C27H30FN11O2/c1-15-10-20(38-37-15)34-25-22-24(31-14-30-22)35-23(36-25)17-6-8-27(41-3,9-7-17)26(40)33-16(2)18-4-5-21(29-11-18)39-13-19(28)12-32-39/h4-5,10-14,16-17H,6-9H2,1-3H3,(H,33,40)(H3,30,31,34,35,36,37,38)/t16-,17?,27?/m0/s1. The number of aromatic amines is 2. The number of nitrogens with one attached hydrogen (secondary N) is 4. The lowest BCUT2D eigenvalue weighted by Gasteiger charge is -2.38. The van der Waals surface area contributed by atoms with Crippen molar-refractivity contribution in [2.24, 2.45) is 0 Å². The molecule has 0 bridgehead atoms. The minimum Gasteiger partial charge on any atom is -0.368 e. The fraction of sp³-hybridized carbons (Fsp3) is 0.370. The Morgan fingerprint density at radius 1 is 1.22 bits per heavy atom. The molecular weight excluding hydrogens is 529 g/mol. The fourth-order valence-electron chi connectivity index (χ4n) is 5.22. The van der Waals surface area contributed by atoms with Crippen molar-refractivity contribution in [3.63, 3.8) is 0 Å². The van der Waals surface area contributed by atoms with Crippen LogP contribution in [0.4, 0.5) is 16.0 Å². The molecule has 1 fully saturated rings. The van der Waals surface area contributed by atoms with E-state index >= 15 is 0 Å². The van der Waals surface area contributed by atoms with Crippen molar-refractivity contribution in [3.8, 4) is 5.82 Å². The van der Waals surface area contributed by atoms with Crippen LogP contribution in [0.1, 0.15) is 61.6 Å². The van der Waals surface area contributed by atoms with Crippen LogP contribution in [0, 0.1) is 12.7 Å². The smallest absolute Gasteiger partial charge is 0.252 e. The minimum absolute atomic E-state index is 0.0370. The molecule has 0 aromatic carbocycles. The molecule has 0 spiro atoms. The van der Waals surface area contributed by atoms with E-state index in [2.05, 4.69) is 40.9 Å². The average molecular weight is 560 g/mol. The van der Waals surface area contributed by atoms with Crippen LogP contribution < -0.4 is 10.6 Å². The molecule has 6 rings (SSSR count). The first kappa shape index (κ1) is 26.5. The van der Waals surface area contributed by atoms with Gasteiger partial charge in [0.2, 0.25) is 0 Å². The van der Waals surface area contributed by atoms with Crippen LogP contribution in [0.15, 0.2) is 43.1 Å². The van der Waals surface area contributed by atoms with Crippen molar-refractivity contribution >= 4 is 28.7 Å². The van der Waals surface area contributed by atoms with Crippen molar-refractivity contribution in [2.75, 3.05) is 12.4 Å². The molecule has 212 valence electrons. The zero-order chi connectivity index (χ0) is 28.6. The molecule has 0 radical (unpaired) electrons. The molecule has 1 saturated carbocycles. The maximum absolute atomic E-state index is 13.5. The predicted octanol–water partition coefficient (Wildman–Crippen LogP) is 3.77. The molecule has 0 saturated heterocycles. The van der Waals surface area contributed by atoms with E-state index in [-0.39, 0.29) is 17.9 Å². The first-order valence-corrected chi connectivity index (χ1v) is 13.4. The van der Waals surface area contributed by atoms with E-state index in [4.69, 9.17) is 14.7 Å². The number of pyridine rings is 1. The van der Waals surface area contributed by atoms with Gasteiger partial charge >= 0.3 is 0 Å². The Balaban J connectivity index is 1.13. The van der Waals surface area contributed by atoms with Crippen molar-refractivity contribution < 1.29 is 13.9 Å². The quantitative estimate of drug-likeness (QED) is 0.221. The first-order valence-electron chi connectivity index (χ1n) is 13.4.